The first-order valence-corrected chi connectivity index (χ1v) is 10.4. The van der Waals surface area contributed by atoms with E-state index >= 15 is 0 Å². The maximum absolute atomic E-state index is 12.9. The normalized spacial score (nSPS) is 20.9. The van der Waals surface area contributed by atoms with Gasteiger partial charge in [-0.2, -0.15) is 13.5 Å². The van der Waals surface area contributed by atoms with Crippen LogP contribution in [0.3, 0.4) is 0 Å². The maximum Gasteiger partial charge on any atom is 0.418 e. The number of carbonyl (C=O) groups is 2. The molecule has 1 aromatic heterocycles. The number of likely N-dealkylation sites (N-methyl/N-ethyl adjacent to an activating group) is 1. The van der Waals surface area contributed by atoms with Gasteiger partial charge in [-0.3, -0.25) is 14.3 Å². The lowest BCUT2D eigenvalue weighted by Crippen LogP contribution is -2.43. The highest BCUT2D eigenvalue weighted by Gasteiger charge is 2.53. The van der Waals surface area contributed by atoms with Crippen LogP contribution in [0.5, 0.6) is 0 Å². The van der Waals surface area contributed by atoms with Crippen LogP contribution in [-0.4, -0.2) is 72.9 Å². The zero-order valence-electron chi connectivity index (χ0n) is 15.1. The third-order valence-corrected chi connectivity index (χ3v) is 5.94. The van der Waals surface area contributed by atoms with Crippen molar-refractivity contribution >= 4 is 39.6 Å². The molecule has 14 heteroatoms. The average molecular weight is 432 g/mol. The fraction of sp³-hybridized carbons (Fsp3) is 0.500. The summed E-state index contributed by atoms with van der Waals surface area (Å²) in [6.45, 7) is 0.345. The minimum Gasteiger partial charge on any atom is -0.370 e. The quantitative estimate of drug-likeness (QED) is 0.298. The van der Waals surface area contributed by atoms with Crippen molar-refractivity contribution in [3.05, 3.63) is 21.4 Å². The van der Waals surface area contributed by atoms with Crippen molar-refractivity contribution in [1.29, 1.82) is 0 Å². The molecule has 0 radical (unpaired) electrons. The van der Waals surface area contributed by atoms with Gasteiger partial charge in [-0.25, -0.2) is 4.79 Å². The highest BCUT2D eigenvalue weighted by Crippen LogP contribution is 2.48. The van der Waals surface area contributed by atoms with Crippen LogP contribution in [-0.2, 0) is 25.9 Å². The van der Waals surface area contributed by atoms with Gasteiger partial charge in [-0.1, -0.05) is 0 Å². The third kappa shape index (κ3) is 3.63. The number of carbonyl (C=O) groups excluding carboxylic acids is 2. The summed E-state index contributed by atoms with van der Waals surface area (Å²) in [7, 11) is -1.79. The van der Waals surface area contributed by atoms with Crippen molar-refractivity contribution in [3.63, 3.8) is 0 Å². The number of nitrogens with two attached hydrogens (primary N) is 2. The van der Waals surface area contributed by atoms with Gasteiger partial charge in [0.15, 0.2) is 5.96 Å². The van der Waals surface area contributed by atoms with E-state index in [-0.39, 0.29) is 25.0 Å². The van der Waals surface area contributed by atoms with E-state index < -0.39 is 28.5 Å². The summed E-state index contributed by atoms with van der Waals surface area (Å²) in [5.41, 5.74) is 12.1. The molecule has 2 unspecified atom stereocenters. The van der Waals surface area contributed by atoms with E-state index in [1.807, 2.05) is 5.38 Å². The van der Waals surface area contributed by atoms with E-state index in [9.17, 15) is 18.0 Å². The van der Waals surface area contributed by atoms with Gasteiger partial charge < -0.3 is 21.3 Å². The van der Waals surface area contributed by atoms with Crippen molar-refractivity contribution in [2.75, 3.05) is 27.2 Å². The second-order valence-corrected chi connectivity index (χ2v) is 8.43. The second-order valence-electron chi connectivity index (χ2n) is 6.51. The first kappa shape index (κ1) is 20.3. The molecule has 28 heavy (non-hydrogen) atoms. The molecule has 2 bridgehead atoms. The number of nitrogens with zero attached hydrogens (tertiary/aromatic N) is 4. The molecule has 1 saturated heterocycles. The molecule has 0 aromatic carbocycles. The molecule has 1 fully saturated rings. The number of fused-ring (bicyclic) bond motifs is 4. The predicted octanol–water partition coefficient (Wildman–Crippen LogP) is -0.780. The number of hydroxylamine groups is 2. The topological polar surface area (TPSA) is 172 Å². The van der Waals surface area contributed by atoms with E-state index in [0.717, 1.165) is 5.56 Å². The molecule has 2 atom stereocenters. The van der Waals surface area contributed by atoms with Crippen LogP contribution in [0.1, 0.15) is 28.1 Å². The molecular formula is C14H20N6O6S2. The van der Waals surface area contributed by atoms with Crippen LogP contribution in [0.25, 0.3) is 0 Å². The highest BCUT2D eigenvalue weighted by atomic mass is 32.3. The molecule has 12 nitrogen and oxygen atoms in total. The molecular weight excluding hydrogens is 412 g/mol. The maximum atomic E-state index is 12.9. The van der Waals surface area contributed by atoms with Gasteiger partial charge in [0, 0.05) is 31.1 Å². The van der Waals surface area contributed by atoms with Crippen molar-refractivity contribution in [2.45, 2.75) is 18.5 Å². The van der Waals surface area contributed by atoms with Gasteiger partial charge >= 0.3 is 16.4 Å². The molecule has 3 heterocycles. The van der Waals surface area contributed by atoms with Gasteiger partial charge in [0.25, 0.3) is 0 Å². The zero-order chi connectivity index (χ0) is 20.8. The SMILES string of the molecule is CN(C)C(=O)C1c2c(CCN=C(N)N)csc2C2CN1C(=O)N2OS(=O)(=O)O. The lowest BCUT2D eigenvalue weighted by Gasteiger charge is -2.32. The molecule has 3 amide bonds. The minimum absolute atomic E-state index is 0.0550. The smallest absolute Gasteiger partial charge is 0.370 e. The van der Waals surface area contributed by atoms with E-state index in [1.54, 1.807) is 14.1 Å². The van der Waals surface area contributed by atoms with Crippen LogP contribution in [0.2, 0.25) is 0 Å². The predicted molar refractivity (Wildman–Crippen MR) is 99.5 cm³/mol. The molecule has 154 valence electrons. The fourth-order valence-corrected chi connectivity index (χ4v) is 4.92. The Bertz CT molecular complexity index is 938. The van der Waals surface area contributed by atoms with Crippen LogP contribution in [0, 0.1) is 0 Å². The Kier molecular flexibility index (Phi) is 5.22. The molecule has 3 rings (SSSR count). The summed E-state index contributed by atoms with van der Waals surface area (Å²) >= 11 is 1.28. The van der Waals surface area contributed by atoms with E-state index in [4.69, 9.17) is 16.0 Å². The van der Waals surface area contributed by atoms with Crippen molar-refractivity contribution in [2.24, 2.45) is 16.5 Å². The van der Waals surface area contributed by atoms with Gasteiger partial charge in [-0.05, 0) is 17.4 Å². The molecule has 1 aromatic rings. The summed E-state index contributed by atoms with van der Waals surface area (Å²) in [6, 6.07) is -2.52. The number of urea groups is 1. The van der Waals surface area contributed by atoms with Crippen molar-refractivity contribution in [3.8, 4) is 0 Å². The number of hydrogen-bond donors (Lipinski definition) is 3. The molecule has 5 N–H and O–H groups in total. The number of amides is 3. The lowest BCUT2D eigenvalue weighted by molar-refractivity contribution is -0.133. The van der Waals surface area contributed by atoms with E-state index in [0.29, 0.717) is 21.9 Å². The molecule has 2 aliphatic heterocycles. The third-order valence-electron chi connectivity index (χ3n) is 4.44. The number of aliphatic imine (C=N–C) groups is 1. The molecule has 0 spiro atoms. The molecule has 0 saturated carbocycles. The monoisotopic (exact) mass is 432 g/mol. The minimum atomic E-state index is -4.91. The second kappa shape index (κ2) is 7.20. The Morgan fingerprint density at radius 2 is 2.14 bits per heavy atom. The van der Waals surface area contributed by atoms with E-state index in [1.165, 1.54) is 21.1 Å². The molecule has 0 aliphatic carbocycles. The zero-order valence-corrected chi connectivity index (χ0v) is 16.7. The number of thiophene rings is 1. The summed E-state index contributed by atoms with van der Waals surface area (Å²) in [6.07, 6.45) is 0.425. The van der Waals surface area contributed by atoms with Gasteiger partial charge in [0.05, 0.1) is 6.54 Å². The van der Waals surface area contributed by atoms with Crippen LogP contribution in [0.4, 0.5) is 4.79 Å². The summed E-state index contributed by atoms with van der Waals surface area (Å²) in [5.74, 6) is -0.403. The summed E-state index contributed by atoms with van der Waals surface area (Å²) in [4.78, 5) is 32.7. The summed E-state index contributed by atoms with van der Waals surface area (Å²) < 4.78 is 35.9. The number of hydrogen-bond acceptors (Lipinski definition) is 7. The van der Waals surface area contributed by atoms with E-state index in [2.05, 4.69) is 9.28 Å². The first-order valence-electron chi connectivity index (χ1n) is 8.14. The summed E-state index contributed by atoms with van der Waals surface area (Å²) in [5, 5.41) is 2.41. The largest absolute Gasteiger partial charge is 0.418 e. The van der Waals surface area contributed by atoms with Crippen LogP contribution in [0.15, 0.2) is 10.4 Å². The van der Waals surface area contributed by atoms with Crippen molar-refractivity contribution < 1.29 is 26.8 Å². The number of rotatable bonds is 6. The first-order chi connectivity index (χ1) is 13.0. The van der Waals surface area contributed by atoms with Crippen molar-refractivity contribution in [1.82, 2.24) is 14.9 Å². The fourth-order valence-electron chi connectivity index (χ4n) is 3.33. The Morgan fingerprint density at radius 3 is 2.71 bits per heavy atom. The van der Waals surface area contributed by atoms with Crippen LogP contribution < -0.4 is 11.5 Å². The van der Waals surface area contributed by atoms with Gasteiger partial charge in [-0.15, -0.1) is 15.6 Å². The highest BCUT2D eigenvalue weighted by molar-refractivity contribution is 7.80. The Balaban J connectivity index is 2.06. The Morgan fingerprint density at radius 1 is 1.46 bits per heavy atom. The molecule has 2 aliphatic rings. The average Bonchev–Trinajstić information content (AvgIpc) is 3.10. The lowest BCUT2D eigenvalue weighted by atomic mass is 9.93. The van der Waals surface area contributed by atoms with Crippen LogP contribution >= 0.6 is 11.3 Å². The standard InChI is InChI=1S/C14H20N6O6S2/c1-18(2)12(21)10-9-7(3-4-17-13(15)16)6-27-11(9)8-5-19(10)14(22)20(8)26-28(23,24)25/h6,8,10H,3-5H2,1-2H3,(H4,15,16,17)(H,23,24,25). The Hall–Kier alpha value is -2.42. The number of guanidine groups is 1. The Labute approximate surface area is 165 Å². The van der Waals surface area contributed by atoms with Gasteiger partial charge in [0.1, 0.15) is 12.1 Å². The van der Waals surface area contributed by atoms with Gasteiger partial charge in [0.2, 0.25) is 5.91 Å².